The zero-order valence-corrected chi connectivity index (χ0v) is 15.7. The molecule has 0 saturated carbocycles. The number of fused-ring (bicyclic) bond motifs is 1. The molecule has 1 aliphatic rings. The van der Waals surface area contributed by atoms with E-state index in [0.717, 1.165) is 10.4 Å². The van der Waals surface area contributed by atoms with Crippen molar-refractivity contribution in [2.75, 3.05) is 19.0 Å². The first-order chi connectivity index (χ1) is 12.9. The molecule has 0 spiro atoms. The molecular formula is C19H17N3O4S. The van der Waals surface area contributed by atoms with Crippen molar-refractivity contribution in [2.45, 2.75) is 19.9 Å². The van der Waals surface area contributed by atoms with Gasteiger partial charge in [0.15, 0.2) is 5.78 Å². The van der Waals surface area contributed by atoms with Crippen LogP contribution in [0, 0.1) is 11.3 Å². The van der Waals surface area contributed by atoms with Gasteiger partial charge in [0.25, 0.3) is 5.91 Å². The number of carbonyl (C=O) groups excluding carboxylic acids is 3. The van der Waals surface area contributed by atoms with Crippen LogP contribution in [0.1, 0.15) is 43.6 Å². The average Bonchev–Trinajstić information content (AvgIpc) is 3.03. The number of benzene rings is 1. The van der Waals surface area contributed by atoms with Gasteiger partial charge in [-0.2, -0.15) is 5.26 Å². The minimum Gasteiger partial charge on any atom is -0.453 e. The van der Waals surface area contributed by atoms with Crippen molar-refractivity contribution in [2.24, 2.45) is 0 Å². The Bertz CT molecular complexity index is 957. The molecule has 0 bridgehead atoms. The van der Waals surface area contributed by atoms with Gasteiger partial charge in [-0.3, -0.25) is 9.59 Å². The van der Waals surface area contributed by atoms with Gasteiger partial charge >= 0.3 is 6.09 Å². The van der Waals surface area contributed by atoms with E-state index in [0.29, 0.717) is 41.2 Å². The Morgan fingerprint density at radius 2 is 1.89 bits per heavy atom. The van der Waals surface area contributed by atoms with Crippen molar-refractivity contribution >= 4 is 34.1 Å². The van der Waals surface area contributed by atoms with Crippen molar-refractivity contribution < 1.29 is 19.1 Å². The van der Waals surface area contributed by atoms with Crippen LogP contribution in [0.5, 0.6) is 0 Å². The van der Waals surface area contributed by atoms with Crippen molar-refractivity contribution in [3.8, 4) is 6.07 Å². The van der Waals surface area contributed by atoms with Crippen LogP contribution >= 0.6 is 11.3 Å². The molecule has 7 nitrogen and oxygen atoms in total. The largest absolute Gasteiger partial charge is 0.453 e. The van der Waals surface area contributed by atoms with Crippen LogP contribution in [-0.2, 0) is 17.7 Å². The standard InChI is InChI=1S/C19H17N3O4S/c1-11(23)12-3-5-13(6-4-12)17(24)21-18-15(9-20)14-7-8-22(19(25)26-2)10-16(14)27-18/h3-6H,7-8,10H2,1-2H3,(H,21,24). The zero-order valence-electron chi connectivity index (χ0n) is 14.9. The van der Waals surface area contributed by atoms with Crippen LogP contribution in [0.4, 0.5) is 9.80 Å². The van der Waals surface area contributed by atoms with E-state index in [-0.39, 0.29) is 11.7 Å². The fourth-order valence-electron chi connectivity index (χ4n) is 2.93. The maximum Gasteiger partial charge on any atom is 0.409 e. The second-order valence-electron chi connectivity index (χ2n) is 6.05. The summed E-state index contributed by atoms with van der Waals surface area (Å²) in [7, 11) is 1.33. The lowest BCUT2D eigenvalue weighted by Crippen LogP contribution is -2.35. The van der Waals surface area contributed by atoms with Crippen LogP contribution in [0.25, 0.3) is 0 Å². The lowest BCUT2D eigenvalue weighted by Gasteiger charge is -2.25. The summed E-state index contributed by atoms with van der Waals surface area (Å²) in [4.78, 5) is 38.0. The molecule has 0 aliphatic carbocycles. The molecule has 1 aliphatic heterocycles. The molecule has 0 unspecified atom stereocenters. The molecule has 2 aromatic rings. The number of ether oxygens (including phenoxy) is 1. The van der Waals surface area contributed by atoms with Crippen LogP contribution in [0.3, 0.4) is 0 Å². The fourth-order valence-corrected chi connectivity index (χ4v) is 4.14. The third-order valence-electron chi connectivity index (χ3n) is 4.38. The molecule has 0 saturated heterocycles. The normalized spacial score (nSPS) is 12.7. The van der Waals surface area contributed by atoms with Gasteiger partial charge in [-0.05, 0) is 31.0 Å². The molecule has 1 aromatic carbocycles. The van der Waals surface area contributed by atoms with Crippen LogP contribution < -0.4 is 5.32 Å². The third kappa shape index (κ3) is 3.68. The topological polar surface area (TPSA) is 99.5 Å². The zero-order chi connectivity index (χ0) is 19.6. The number of rotatable bonds is 3. The fraction of sp³-hybridized carbons (Fsp3) is 0.263. The molecule has 0 atom stereocenters. The summed E-state index contributed by atoms with van der Waals surface area (Å²) in [6.07, 6.45) is 0.121. The number of ketones is 1. The maximum atomic E-state index is 12.5. The molecule has 3 rings (SSSR count). The Hall–Kier alpha value is -3.18. The van der Waals surface area contributed by atoms with E-state index < -0.39 is 6.09 Å². The van der Waals surface area contributed by atoms with E-state index in [9.17, 15) is 19.6 Å². The van der Waals surface area contributed by atoms with Crippen molar-refractivity contribution in [3.05, 3.63) is 51.4 Å². The molecule has 0 fully saturated rings. The van der Waals surface area contributed by atoms with Gasteiger partial charge in [-0.25, -0.2) is 4.79 Å². The van der Waals surface area contributed by atoms with Crippen molar-refractivity contribution in [3.63, 3.8) is 0 Å². The smallest absolute Gasteiger partial charge is 0.409 e. The number of amides is 2. The summed E-state index contributed by atoms with van der Waals surface area (Å²) in [5.41, 5.74) is 2.23. The Balaban J connectivity index is 1.82. The number of hydrogen-bond donors (Lipinski definition) is 1. The lowest BCUT2D eigenvalue weighted by molar-refractivity contribution is 0.101. The predicted molar refractivity (Wildman–Crippen MR) is 100.0 cm³/mol. The molecular weight excluding hydrogens is 366 g/mol. The second kappa shape index (κ2) is 7.60. The van der Waals surface area contributed by atoms with E-state index in [2.05, 4.69) is 11.4 Å². The number of thiophene rings is 1. The van der Waals surface area contributed by atoms with Gasteiger partial charge in [0, 0.05) is 22.5 Å². The number of nitrogens with zero attached hydrogens (tertiary/aromatic N) is 2. The minimum atomic E-state index is -0.413. The Morgan fingerprint density at radius 3 is 2.48 bits per heavy atom. The van der Waals surface area contributed by atoms with E-state index >= 15 is 0 Å². The van der Waals surface area contributed by atoms with Crippen LogP contribution in [-0.4, -0.2) is 36.3 Å². The molecule has 2 heterocycles. The van der Waals surface area contributed by atoms with Gasteiger partial charge in [-0.15, -0.1) is 11.3 Å². The Kier molecular flexibility index (Phi) is 5.23. The number of Topliss-reactive ketones (excluding diaryl/α,β-unsaturated/α-hetero) is 1. The summed E-state index contributed by atoms with van der Waals surface area (Å²) in [5, 5.41) is 12.8. The number of hydrogen-bond acceptors (Lipinski definition) is 6. The molecule has 1 aromatic heterocycles. The molecule has 138 valence electrons. The van der Waals surface area contributed by atoms with Gasteiger partial charge < -0.3 is 15.0 Å². The highest BCUT2D eigenvalue weighted by Crippen LogP contribution is 2.37. The van der Waals surface area contributed by atoms with E-state index in [1.165, 1.54) is 25.4 Å². The molecule has 0 radical (unpaired) electrons. The highest BCUT2D eigenvalue weighted by molar-refractivity contribution is 7.16. The summed E-state index contributed by atoms with van der Waals surface area (Å²) >= 11 is 1.29. The lowest BCUT2D eigenvalue weighted by atomic mass is 10.0. The number of methoxy groups -OCH3 is 1. The quantitative estimate of drug-likeness (QED) is 0.821. The summed E-state index contributed by atoms with van der Waals surface area (Å²) in [6.45, 7) is 2.28. The van der Waals surface area contributed by atoms with Gasteiger partial charge in [0.05, 0.1) is 19.2 Å². The number of nitrogens with one attached hydrogen (secondary N) is 1. The highest BCUT2D eigenvalue weighted by Gasteiger charge is 2.28. The third-order valence-corrected chi connectivity index (χ3v) is 5.51. The first-order valence-electron chi connectivity index (χ1n) is 8.24. The molecule has 2 amide bonds. The van der Waals surface area contributed by atoms with E-state index in [1.54, 1.807) is 29.2 Å². The van der Waals surface area contributed by atoms with Gasteiger partial charge in [-0.1, -0.05) is 12.1 Å². The summed E-state index contributed by atoms with van der Waals surface area (Å²) in [6, 6.07) is 8.49. The monoisotopic (exact) mass is 383 g/mol. The van der Waals surface area contributed by atoms with E-state index in [4.69, 9.17) is 4.74 Å². The van der Waals surface area contributed by atoms with Crippen molar-refractivity contribution in [1.29, 1.82) is 5.26 Å². The van der Waals surface area contributed by atoms with Gasteiger partial charge in [0.1, 0.15) is 11.1 Å². The number of carbonyl (C=O) groups is 3. The number of anilines is 1. The molecule has 8 heteroatoms. The summed E-state index contributed by atoms with van der Waals surface area (Å²) in [5.74, 6) is -0.431. The highest BCUT2D eigenvalue weighted by atomic mass is 32.1. The first kappa shape index (κ1) is 18.6. The summed E-state index contributed by atoms with van der Waals surface area (Å²) < 4.78 is 4.75. The second-order valence-corrected chi connectivity index (χ2v) is 7.15. The van der Waals surface area contributed by atoms with E-state index in [1.807, 2.05) is 0 Å². The predicted octanol–water partition coefficient (Wildman–Crippen LogP) is 3.20. The molecule has 27 heavy (non-hydrogen) atoms. The van der Waals surface area contributed by atoms with Crippen molar-refractivity contribution in [1.82, 2.24) is 4.90 Å². The van der Waals surface area contributed by atoms with Crippen LogP contribution in [0.15, 0.2) is 24.3 Å². The SMILES string of the molecule is COC(=O)N1CCc2c(sc(NC(=O)c3ccc(C(C)=O)cc3)c2C#N)C1. The minimum absolute atomic E-state index is 0.0742. The maximum absolute atomic E-state index is 12.5. The van der Waals surface area contributed by atoms with Crippen LogP contribution in [0.2, 0.25) is 0 Å². The average molecular weight is 383 g/mol. The molecule has 1 N–H and O–H groups in total. The Labute approximate surface area is 160 Å². The first-order valence-corrected chi connectivity index (χ1v) is 9.06. The number of nitriles is 1. The Morgan fingerprint density at radius 1 is 1.22 bits per heavy atom. The van der Waals surface area contributed by atoms with Gasteiger partial charge in [0.2, 0.25) is 0 Å².